The molecule has 0 saturated carbocycles. The summed E-state index contributed by atoms with van der Waals surface area (Å²) in [5.74, 6) is -0.128. The van der Waals surface area contributed by atoms with Crippen molar-refractivity contribution < 1.29 is 18.1 Å². The molecule has 3 N–H and O–H groups in total. The van der Waals surface area contributed by atoms with Gasteiger partial charge in [0.05, 0.1) is 17.3 Å². The fraction of sp³-hybridized carbons (Fsp3) is 0.143. The van der Waals surface area contributed by atoms with E-state index in [0.717, 1.165) is 5.56 Å². The second-order valence-electron chi connectivity index (χ2n) is 5.02. The van der Waals surface area contributed by atoms with E-state index in [2.05, 4.69) is 0 Å². The van der Waals surface area contributed by atoms with E-state index in [1.54, 1.807) is 30.3 Å². The van der Waals surface area contributed by atoms with Crippen LogP contribution in [0.4, 0.5) is 5.69 Å². The Morgan fingerprint density at radius 2 is 1.90 bits per heavy atom. The molecule has 1 aliphatic rings. The van der Waals surface area contributed by atoms with E-state index in [4.69, 9.17) is 10.4 Å². The minimum absolute atomic E-state index is 0.128. The number of sulfone groups is 1. The van der Waals surface area contributed by atoms with E-state index < -0.39 is 17.0 Å². The molecule has 2 aromatic carbocycles. The fourth-order valence-corrected chi connectivity index (χ4v) is 3.67. The summed E-state index contributed by atoms with van der Waals surface area (Å²) in [6, 6.07) is 11.3. The molecule has 2 aromatic rings. The Hall–Kier alpha value is -1.83. The third-order valence-electron chi connectivity index (χ3n) is 3.47. The van der Waals surface area contributed by atoms with Crippen molar-refractivity contribution in [3.05, 3.63) is 53.6 Å². The standard InChI is InChI=1S/C14H14BNO4S/c16-12-3-5-13(6-4-12)21(18,19)9-10-1-2-11-8-20-15(17)14(11)7-10/h1-7,17H,8-9,16H2. The van der Waals surface area contributed by atoms with E-state index in [1.807, 2.05) is 0 Å². The molecule has 7 heteroatoms. The van der Waals surface area contributed by atoms with Gasteiger partial charge in [0.25, 0.3) is 0 Å². The maximum absolute atomic E-state index is 12.4. The predicted octanol–water partition coefficient (Wildman–Crippen LogP) is 0.460. The van der Waals surface area contributed by atoms with Crippen LogP contribution in [0.3, 0.4) is 0 Å². The third kappa shape index (κ3) is 2.80. The summed E-state index contributed by atoms with van der Waals surface area (Å²) in [6.07, 6.45) is 0. The highest BCUT2D eigenvalue weighted by molar-refractivity contribution is 7.90. The Labute approximate surface area is 123 Å². The predicted molar refractivity (Wildman–Crippen MR) is 80.6 cm³/mol. The molecular formula is C14H14BNO4S. The van der Waals surface area contributed by atoms with Gasteiger partial charge in [0, 0.05) is 5.69 Å². The first-order valence-corrected chi connectivity index (χ1v) is 8.10. The number of anilines is 1. The highest BCUT2D eigenvalue weighted by Crippen LogP contribution is 2.19. The quantitative estimate of drug-likeness (QED) is 0.635. The summed E-state index contributed by atoms with van der Waals surface area (Å²) in [5, 5.41) is 9.67. The number of hydrogen-bond donors (Lipinski definition) is 2. The molecule has 5 nitrogen and oxygen atoms in total. The zero-order valence-electron chi connectivity index (χ0n) is 11.2. The summed E-state index contributed by atoms with van der Waals surface area (Å²) in [6.45, 7) is 0.349. The van der Waals surface area contributed by atoms with Crippen LogP contribution in [0.5, 0.6) is 0 Å². The lowest BCUT2D eigenvalue weighted by atomic mass is 9.79. The lowest BCUT2D eigenvalue weighted by molar-refractivity contribution is 0.275. The van der Waals surface area contributed by atoms with Gasteiger partial charge in [-0.25, -0.2) is 8.42 Å². The summed E-state index contributed by atoms with van der Waals surface area (Å²) in [5.41, 5.74) is 8.23. The smallest absolute Gasteiger partial charge is 0.423 e. The maximum Gasteiger partial charge on any atom is 0.491 e. The largest absolute Gasteiger partial charge is 0.491 e. The number of fused-ring (bicyclic) bond motifs is 1. The van der Waals surface area contributed by atoms with Crippen molar-refractivity contribution in [2.24, 2.45) is 0 Å². The molecule has 1 aliphatic heterocycles. The molecule has 21 heavy (non-hydrogen) atoms. The molecule has 0 fully saturated rings. The minimum Gasteiger partial charge on any atom is -0.423 e. The van der Waals surface area contributed by atoms with Crippen LogP contribution in [-0.2, 0) is 26.9 Å². The minimum atomic E-state index is -3.44. The summed E-state index contributed by atoms with van der Waals surface area (Å²) >= 11 is 0. The van der Waals surface area contributed by atoms with Gasteiger partial charge in [0.15, 0.2) is 9.84 Å². The Bertz CT molecular complexity index is 774. The number of hydrogen-bond acceptors (Lipinski definition) is 5. The van der Waals surface area contributed by atoms with E-state index in [-0.39, 0.29) is 10.6 Å². The van der Waals surface area contributed by atoms with Crippen molar-refractivity contribution in [2.75, 3.05) is 5.73 Å². The van der Waals surface area contributed by atoms with Gasteiger partial charge >= 0.3 is 7.12 Å². The molecule has 3 rings (SSSR count). The number of benzene rings is 2. The van der Waals surface area contributed by atoms with Crippen molar-refractivity contribution in [3.8, 4) is 0 Å². The molecule has 1 heterocycles. The molecule has 0 amide bonds. The van der Waals surface area contributed by atoms with Gasteiger partial charge in [-0.05, 0) is 40.9 Å². The Morgan fingerprint density at radius 1 is 1.19 bits per heavy atom. The normalized spacial score (nSPS) is 14.2. The van der Waals surface area contributed by atoms with Gasteiger partial charge in [0.2, 0.25) is 0 Å². The Balaban J connectivity index is 1.89. The topological polar surface area (TPSA) is 89.6 Å². The lowest BCUT2D eigenvalue weighted by Crippen LogP contribution is -2.28. The van der Waals surface area contributed by atoms with Crippen LogP contribution in [0, 0.1) is 0 Å². The van der Waals surface area contributed by atoms with E-state index in [0.29, 0.717) is 23.3 Å². The number of nitrogen functional groups attached to an aromatic ring is 1. The second-order valence-corrected chi connectivity index (χ2v) is 7.01. The van der Waals surface area contributed by atoms with Crippen LogP contribution >= 0.6 is 0 Å². The van der Waals surface area contributed by atoms with Gasteiger partial charge < -0.3 is 15.4 Å². The van der Waals surface area contributed by atoms with Crippen molar-refractivity contribution in [3.63, 3.8) is 0 Å². The van der Waals surface area contributed by atoms with Crippen LogP contribution in [-0.4, -0.2) is 20.6 Å². The second kappa shape index (κ2) is 5.18. The van der Waals surface area contributed by atoms with Crippen LogP contribution in [0.15, 0.2) is 47.4 Å². The van der Waals surface area contributed by atoms with Gasteiger partial charge in [-0.15, -0.1) is 0 Å². The van der Waals surface area contributed by atoms with Crippen molar-refractivity contribution in [2.45, 2.75) is 17.3 Å². The van der Waals surface area contributed by atoms with E-state index >= 15 is 0 Å². The van der Waals surface area contributed by atoms with Crippen molar-refractivity contribution in [1.29, 1.82) is 0 Å². The molecule has 0 bridgehead atoms. The monoisotopic (exact) mass is 303 g/mol. The lowest BCUT2D eigenvalue weighted by Gasteiger charge is -2.07. The van der Waals surface area contributed by atoms with Gasteiger partial charge in [0.1, 0.15) is 0 Å². The van der Waals surface area contributed by atoms with Gasteiger partial charge in [-0.3, -0.25) is 0 Å². The maximum atomic E-state index is 12.4. The van der Waals surface area contributed by atoms with E-state index in [1.165, 1.54) is 12.1 Å². The molecule has 0 atom stereocenters. The summed E-state index contributed by atoms with van der Waals surface area (Å²) < 4.78 is 29.8. The molecule has 0 radical (unpaired) electrons. The highest BCUT2D eigenvalue weighted by Gasteiger charge is 2.27. The SMILES string of the molecule is Nc1ccc(S(=O)(=O)Cc2ccc3c(c2)B(O)OC3)cc1. The third-order valence-corrected chi connectivity index (χ3v) is 5.17. The van der Waals surface area contributed by atoms with Crippen LogP contribution in [0.2, 0.25) is 0 Å². The Kier molecular flexibility index (Phi) is 3.48. The summed E-state index contributed by atoms with van der Waals surface area (Å²) in [4.78, 5) is 0.231. The Morgan fingerprint density at radius 3 is 2.62 bits per heavy atom. The molecule has 0 saturated heterocycles. The number of rotatable bonds is 3. The van der Waals surface area contributed by atoms with Crippen LogP contribution in [0.25, 0.3) is 0 Å². The summed E-state index contributed by atoms with van der Waals surface area (Å²) in [7, 11) is -4.42. The van der Waals surface area contributed by atoms with Crippen LogP contribution in [0.1, 0.15) is 11.1 Å². The molecule has 0 aromatic heterocycles. The molecule has 0 spiro atoms. The van der Waals surface area contributed by atoms with Gasteiger partial charge in [-0.1, -0.05) is 18.2 Å². The molecular weight excluding hydrogens is 289 g/mol. The molecule has 0 unspecified atom stereocenters. The van der Waals surface area contributed by atoms with Crippen molar-refractivity contribution >= 4 is 28.1 Å². The van der Waals surface area contributed by atoms with Crippen molar-refractivity contribution in [1.82, 2.24) is 0 Å². The zero-order chi connectivity index (χ0) is 15.0. The first kappa shape index (κ1) is 14.1. The number of nitrogens with two attached hydrogens (primary N) is 1. The average molecular weight is 303 g/mol. The first-order chi connectivity index (χ1) is 9.95. The first-order valence-electron chi connectivity index (χ1n) is 6.45. The molecule has 108 valence electrons. The van der Waals surface area contributed by atoms with E-state index in [9.17, 15) is 13.4 Å². The average Bonchev–Trinajstić information content (AvgIpc) is 2.80. The van der Waals surface area contributed by atoms with Crippen LogP contribution < -0.4 is 11.2 Å². The van der Waals surface area contributed by atoms with Gasteiger partial charge in [-0.2, -0.15) is 0 Å². The molecule has 0 aliphatic carbocycles. The highest BCUT2D eigenvalue weighted by atomic mass is 32.2. The fourth-order valence-electron chi connectivity index (χ4n) is 2.33. The zero-order valence-corrected chi connectivity index (χ0v) is 12.0.